The Balaban J connectivity index is 1.59. The second-order valence-electron chi connectivity index (χ2n) is 6.13. The van der Waals surface area contributed by atoms with Gasteiger partial charge in [-0.2, -0.15) is 0 Å². The summed E-state index contributed by atoms with van der Waals surface area (Å²) in [5, 5.41) is 14.8. The Morgan fingerprint density at radius 2 is 1.38 bits per heavy atom. The molecule has 2 amide bonds. The van der Waals surface area contributed by atoms with Crippen molar-refractivity contribution in [3.05, 3.63) is 60.2 Å². The second kappa shape index (κ2) is 9.30. The molecular weight excluding hydrogens is 390 g/mol. The van der Waals surface area contributed by atoms with Gasteiger partial charge < -0.3 is 19.3 Å². The highest BCUT2D eigenvalue weighted by atomic mass is 19.1. The number of ether oxygens (including phenoxy) is 3. The van der Waals surface area contributed by atoms with Crippen molar-refractivity contribution < 1.29 is 37.7 Å². The fourth-order valence-electron chi connectivity index (χ4n) is 2.63. The number of carbonyl (C=O) groups is 2. The maximum Gasteiger partial charge on any atom is 0.412 e. The summed E-state index contributed by atoms with van der Waals surface area (Å²) in [5.41, 5.74) is 0.574. The third kappa shape index (κ3) is 5.87. The molecular formula is C19H18F2N2O6. The third-order valence-electron chi connectivity index (χ3n) is 4.02. The van der Waals surface area contributed by atoms with Crippen LogP contribution in [0, 0.1) is 11.6 Å². The van der Waals surface area contributed by atoms with Gasteiger partial charge in [0.05, 0.1) is 6.61 Å². The number of aliphatic hydroxyl groups excluding tert-OH is 1. The van der Waals surface area contributed by atoms with E-state index in [1.54, 1.807) is 0 Å². The molecule has 0 aliphatic carbocycles. The van der Waals surface area contributed by atoms with Crippen LogP contribution in [0.5, 0.6) is 0 Å². The van der Waals surface area contributed by atoms with Crippen LogP contribution in [0.1, 0.15) is 6.42 Å². The molecule has 2 aromatic rings. The number of rotatable bonds is 4. The van der Waals surface area contributed by atoms with Gasteiger partial charge in [0.15, 0.2) is 12.4 Å². The van der Waals surface area contributed by atoms with E-state index in [-0.39, 0.29) is 18.7 Å². The smallest absolute Gasteiger partial charge is 0.412 e. The number of hydrogen-bond donors (Lipinski definition) is 3. The molecule has 0 unspecified atom stereocenters. The average Bonchev–Trinajstić information content (AvgIpc) is 2.68. The average molecular weight is 408 g/mol. The minimum Gasteiger partial charge on any atom is -0.442 e. The predicted molar refractivity (Wildman–Crippen MR) is 97.2 cm³/mol. The van der Waals surface area contributed by atoms with Crippen LogP contribution >= 0.6 is 0 Å². The predicted octanol–water partition coefficient (Wildman–Crippen LogP) is 3.24. The van der Waals surface area contributed by atoms with Gasteiger partial charge in [-0.15, -0.1) is 0 Å². The molecule has 1 heterocycles. The van der Waals surface area contributed by atoms with Crippen LogP contribution in [0.25, 0.3) is 0 Å². The van der Waals surface area contributed by atoms with Gasteiger partial charge in [-0.25, -0.2) is 18.4 Å². The van der Waals surface area contributed by atoms with Crippen molar-refractivity contribution in [3.63, 3.8) is 0 Å². The van der Waals surface area contributed by atoms with Crippen LogP contribution in [0.3, 0.4) is 0 Å². The first kappa shape index (κ1) is 20.5. The van der Waals surface area contributed by atoms with Crippen molar-refractivity contribution in [2.75, 3.05) is 17.2 Å². The Hall–Kier alpha value is -3.24. The minimum atomic E-state index is -1.51. The first-order valence-corrected chi connectivity index (χ1v) is 8.67. The lowest BCUT2D eigenvalue weighted by atomic mass is 10.1. The number of aliphatic hydroxyl groups is 1. The van der Waals surface area contributed by atoms with E-state index in [9.17, 15) is 23.5 Å². The number of amides is 2. The topological polar surface area (TPSA) is 106 Å². The van der Waals surface area contributed by atoms with Crippen LogP contribution in [0.4, 0.5) is 29.7 Å². The summed E-state index contributed by atoms with van der Waals surface area (Å²) in [6, 6.07) is 9.99. The zero-order chi connectivity index (χ0) is 20.8. The SMILES string of the molecule is O=C(Nc1ccc(F)cc1)O[C@H]1[C@H](O)OCC[C@H]1OC(=O)Nc1ccc(F)cc1. The van der Waals surface area contributed by atoms with Crippen LogP contribution in [-0.2, 0) is 14.2 Å². The lowest BCUT2D eigenvalue weighted by Gasteiger charge is -2.34. The number of benzene rings is 2. The summed E-state index contributed by atoms with van der Waals surface area (Å²) < 4.78 is 41.3. The minimum absolute atomic E-state index is 0.0785. The van der Waals surface area contributed by atoms with Crippen molar-refractivity contribution in [2.45, 2.75) is 24.9 Å². The van der Waals surface area contributed by atoms with Gasteiger partial charge in [0.2, 0.25) is 0 Å². The molecule has 1 aliphatic rings. The zero-order valence-electron chi connectivity index (χ0n) is 15.0. The maximum atomic E-state index is 12.9. The molecule has 0 bridgehead atoms. The fourth-order valence-corrected chi connectivity index (χ4v) is 2.63. The molecule has 0 saturated carbocycles. The number of nitrogens with one attached hydrogen (secondary N) is 2. The summed E-state index contributed by atoms with van der Waals surface area (Å²) in [6.45, 7) is 0.0785. The third-order valence-corrected chi connectivity index (χ3v) is 4.02. The lowest BCUT2D eigenvalue weighted by molar-refractivity contribution is -0.217. The van der Waals surface area contributed by atoms with Crippen molar-refractivity contribution >= 4 is 23.6 Å². The molecule has 29 heavy (non-hydrogen) atoms. The van der Waals surface area contributed by atoms with Crippen molar-refractivity contribution in [2.24, 2.45) is 0 Å². The summed E-state index contributed by atoms with van der Waals surface area (Å²) in [7, 11) is 0. The van der Waals surface area contributed by atoms with E-state index in [1.807, 2.05) is 0 Å². The molecule has 1 aliphatic heterocycles. The van der Waals surface area contributed by atoms with E-state index >= 15 is 0 Å². The molecule has 154 valence electrons. The molecule has 1 saturated heterocycles. The highest BCUT2D eigenvalue weighted by Crippen LogP contribution is 2.21. The van der Waals surface area contributed by atoms with Gasteiger partial charge in [0, 0.05) is 17.8 Å². The second-order valence-corrected chi connectivity index (χ2v) is 6.13. The molecule has 10 heteroatoms. The highest BCUT2D eigenvalue weighted by Gasteiger charge is 2.39. The molecule has 0 spiro atoms. The number of carbonyl (C=O) groups excluding carboxylic acids is 2. The van der Waals surface area contributed by atoms with E-state index in [2.05, 4.69) is 10.6 Å². The number of halogens is 2. The van der Waals surface area contributed by atoms with Gasteiger partial charge in [0.1, 0.15) is 17.7 Å². The van der Waals surface area contributed by atoms with Gasteiger partial charge in [-0.1, -0.05) is 0 Å². The van der Waals surface area contributed by atoms with Crippen LogP contribution in [0.2, 0.25) is 0 Å². The first-order chi connectivity index (χ1) is 13.9. The van der Waals surface area contributed by atoms with Gasteiger partial charge in [-0.3, -0.25) is 10.6 Å². The van der Waals surface area contributed by atoms with Crippen LogP contribution in [0.15, 0.2) is 48.5 Å². The van der Waals surface area contributed by atoms with Gasteiger partial charge in [-0.05, 0) is 48.5 Å². The molecule has 3 rings (SSSR count). The van der Waals surface area contributed by atoms with Gasteiger partial charge in [0.25, 0.3) is 0 Å². The summed E-state index contributed by atoms with van der Waals surface area (Å²) in [6.07, 6.45) is -5.43. The highest BCUT2D eigenvalue weighted by molar-refractivity contribution is 5.85. The molecule has 0 aromatic heterocycles. The standard InChI is InChI=1S/C19H18F2N2O6/c20-11-1-5-13(6-2-11)22-18(25)28-15-9-10-27-17(24)16(15)29-19(26)23-14-7-3-12(21)4-8-14/h1-8,15-17,24H,9-10H2,(H,22,25)(H,23,26)/t15-,16-,17-/m1/s1. The lowest BCUT2D eigenvalue weighted by Crippen LogP contribution is -2.50. The van der Waals surface area contributed by atoms with Crippen molar-refractivity contribution in [3.8, 4) is 0 Å². The first-order valence-electron chi connectivity index (χ1n) is 8.67. The Morgan fingerprint density at radius 3 is 1.90 bits per heavy atom. The molecule has 0 radical (unpaired) electrons. The molecule has 1 fully saturated rings. The Labute approximate surface area is 164 Å². The largest absolute Gasteiger partial charge is 0.442 e. The van der Waals surface area contributed by atoms with E-state index in [0.29, 0.717) is 5.69 Å². The molecule has 2 aromatic carbocycles. The fraction of sp³-hybridized carbons (Fsp3) is 0.263. The van der Waals surface area contributed by atoms with Crippen LogP contribution in [-0.4, -0.2) is 42.4 Å². The van der Waals surface area contributed by atoms with Gasteiger partial charge >= 0.3 is 12.2 Å². The number of anilines is 2. The summed E-state index contributed by atoms with van der Waals surface area (Å²) in [5.74, 6) is -0.933. The van der Waals surface area contributed by atoms with Crippen molar-refractivity contribution in [1.82, 2.24) is 0 Å². The normalized spacial score (nSPS) is 21.1. The van der Waals surface area contributed by atoms with E-state index in [4.69, 9.17) is 14.2 Å². The van der Waals surface area contributed by atoms with E-state index in [0.717, 1.165) is 12.1 Å². The molecule has 3 N–H and O–H groups in total. The quantitative estimate of drug-likeness (QED) is 0.717. The number of hydrogen-bond acceptors (Lipinski definition) is 6. The van der Waals surface area contributed by atoms with E-state index < -0.39 is 42.3 Å². The summed E-state index contributed by atoms with van der Waals surface area (Å²) >= 11 is 0. The molecule has 8 nitrogen and oxygen atoms in total. The van der Waals surface area contributed by atoms with Crippen LogP contribution < -0.4 is 10.6 Å². The Kier molecular flexibility index (Phi) is 6.57. The Morgan fingerprint density at radius 1 is 0.897 bits per heavy atom. The zero-order valence-corrected chi connectivity index (χ0v) is 15.0. The Bertz CT molecular complexity index is 847. The summed E-state index contributed by atoms with van der Waals surface area (Å²) in [4.78, 5) is 24.2. The maximum absolute atomic E-state index is 12.9. The van der Waals surface area contributed by atoms with E-state index in [1.165, 1.54) is 36.4 Å². The molecule has 3 atom stereocenters. The van der Waals surface area contributed by atoms with Crippen molar-refractivity contribution in [1.29, 1.82) is 0 Å². The monoisotopic (exact) mass is 408 g/mol.